The van der Waals surface area contributed by atoms with Crippen molar-refractivity contribution in [3.8, 4) is 33.6 Å². The van der Waals surface area contributed by atoms with Crippen molar-refractivity contribution in [3.63, 3.8) is 0 Å². The number of para-hydroxylation sites is 2. The predicted octanol–water partition coefficient (Wildman–Crippen LogP) is 13.6. The van der Waals surface area contributed by atoms with Crippen molar-refractivity contribution >= 4 is 75.1 Å². The Labute approximate surface area is 298 Å². The standard InChI is InChI=1S/C48H30N2S/c1-2-12-31(13-3-1)32-14-10-15-33(26-32)34-16-11-17-35(27-34)49-43-21-7-4-18-37(43)41-29-42-38-19-5-8-22-44(38)50(46(42)30-45(41)49)36-24-25-40-39-20-6-9-23-47(39)51-48(40)28-36/h1-30H. The van der Waals surface area contributed by atoms with Crippen LogP contribution in [-0.2, 0) is 0 Å². The summed E-state index contributed by atoms with van der Waals surface area (Å²) >= 11 is 1.87. The molecule has 0 N–H and O–H groups in total. The third-order valence-corrected chi connectivity index (χ3v) is 11.6. The summed E-state index contributed by atoms with van der Waals surface area (Å²) < 4.78 is 7.54. The molecule has 0 bridgehead atoms. The summed E-state index contributed by atoms with van der Waals surface area (Å²) in [5.74, 6) is 0. The number of thiophene rings is 1. The van der Waals surface area contributed by atoms with Crippen LogP contribution in [0.1, 0.15) is 0 Å². The van der Waals surface area contributed by atoms with E-state index in [-0.39, 0.29) is 0 Å². The van der Waals surface area contributed by atoms with Gasteiger partial charge in [0, 0.05) is 53.1 Å². The monoisotopic (exact) mass is 666 g/mol. The molecule has 0 spiro atoms. The van der Waals surface area contributed by atoms with Crippen LogP contribution < -0.4 is 0 Å². The highest BCUT2D eigenvalue weighted by atomic mass is 32.1. The minimum Gasteiger partial charge on any atom is -0.309 e. The zero-order valence-electron chi connectivity index (χ0n) is 27.6. The van der Waals surface area contributed by atoms with Crippen LogP contribution in [0, 0.1) is 0 Å². The van der Waals surface area contributed by atoms with Crippen LogP contribution in [0.2, 0.25) is 0 Å². The Balaban J connectivity index is 1.15. The molecule has 2 nitrogen and oxygen atoms in total. The van der Waals surface area contributed by atoms with Crippen LogP contribution >= 0.6 is 11.3 Å². The van der Waals surface area contributed by atoms with Gasteiger partial charge in [0.05, 0.1) is 22.1 Å². The smallest absolute Gasteiger partial charge is 0.0562 e. The van der Waals surface area contributed by atoms with E-state index in [2.05, 4.69) is 191 Å². The normalized spacial score (nSPS) is 11.9. The van der Waals surface area contributed by atoms with Gasteiger partial charge in [-0.2, -0.15) is 0 Å². The molecule has 0 unspecified atom stereocenters. The number of rotatable bonds is 4. The molecule has 3 heteroatoms. The number of benzene rings is 8. The van der Waals surface area contributed by atoms with E-state index < -0.39 is 0 Å². The van der Waals surface area contributed by atoms with Gasteiger partial charge in [-0.3, -0.25) is 0 Å². The van der Waals surface area contributed by atoms with Gasteiger partial charge in [-0.15, -0.1) is 11.3 Å². The van der Waals surface area contributed by atoms with Gasteiger partial charge in [-0.25, -0.2) is 0 Å². The molecular formula is C48H30N2S. The summed E-state index contributed by atoms with van der Waals surface area (Å²) in [5.41, 5.74) is 12.0. The van der Waals surface area contributed by atoms with Crippen molar-refractivity contribution in [2.45, 2.75) is 0 Å². The molecule has 3 aromatic heterocycles. The minimum absolute atomic E-state index is 1.15. The summed E-state index contributed by atoms with van der Waals surface area (Å²) in [6.07, 6.45) is 0. The molecule has 51 heavy (non-hydrogen) atoms. The summed E-state index contributed by atoms with van der Waals surface area (Å²) in [6.45, 7) is 0. The maximum atomic E-state index is 2.46. The highest BCUT2D eigenvalue weighted by Gasteiger charge is 2.19. The van der Waals surface area contributed by atoms with Crippen LogP contribution in [0.3, 0.4) is 0 Å². The summed E-state index contributed by atoms with van der Waals surface area (Å²) in [6, 6.07) is 66.7. The third kappa shape index (κ3) is 4.35. The second-order valence-corrected chi connectivity index (χ2v) is 14.5. The molecule has 0 saturated heterocycles. The number of hydrogen-bond acceptors (Lipinski definition) is 1. The predicted molar refractivity (Wildman–Crippen MR) is 219 cm³/mol. The highest BCUT2D eigenvalue weighted by Crippen LogP contribution is 2.41. The Hall–Kier alpha value is -6.42. The SMILES string of the molecule is c1ccc(-c2cccc(-c3cccc(-n4c5ccccc5c5cc6c7ccccc7n(-c7ccc8c(c7)sc7ccccc78)c6cc54)c3)c2)cc1. The Kier molecular flexibility index (Phi) is 6.16. The Morgan fingerprint density at radius 3 is 1.53 bits per heavy atom. The van der Waals surface area contributed by atoms with Crippen LogP contribution in [0.25, 0.3) is 97.4 Å². The molecule has 238 valence electrons. The van der Waals surface area contributed by atoms with Crippen LogP contribution in [0.15, 0.2) is 182 Å². The van der Waals surface area contributed by atoms with Crippen LogP contribution in [0.5, 0.6) is 0 Å². The molecule has 0 radical (unpaired) electrons. The van der Waals surface area contributed by atoms with E-state index in [1.807, 2.05) is 11.3 Å². The first-order valence-corrected chi connectivity index (χ1v) is 18.2. The van der Waals surface area contributed by atoms with E-state index in [0.717, 1.165) is 5.69 Å². The minimum atomic E-state index is 1.15. The van der Waals surface area contributed by atoms with Crippen LogP contribution in [0.4, 0.5) is 0 Å². The molecule has 3 heterocycles. The molecule has 0 amide bonds. The van der Waals surface area contributed by atoms with Gasteiger partial charge in [-0.1, -0.05) is 121 Å². The van der Waals surface area contributed by atoms with E-state index in [1.54, 1.807) is 0 Å². The highest BCUT2D eigenvalue weighted by molar-refractivity contribution is 7.25. The lowest BCUT2D eigenvalue weighted by Crippen LogP contribution is -1.96. The van der Waals surface area contributed by atoms with Crippen molar-refractivity contribution in [2.75, 3.05) is 0 Å². The van der Waals surface area contributed by atoms with Crippen molar-refractivity contribution in [1.29, 1.82) is 0 Å². The quantitative estimate of drug-likeness (QED) is 0.177. The van der Waals surface area contributed by atoms with Gasteiger partial charge in [0.1, 0.15) is 0 Å². The molecule has 0 saturated carbocycles. The fourth-order valence-corrected chi connectivity index (χ4v) is 9.31. The fraction of sp³-hybridized carbons (Fsp3) is 0. The van der Waals surface area contributed by atoms with Gasteiger partial charge in [0.15, 0.2) is 0 Å². The fourth-order valence-electron chi connectivity index (χ4n) is 8.17. The van der Waals surface area contributed by atoms with Gasteiger partial charge in [0.25, 0.3) is 0 Å². The van der Waals surface area contributed by atoms with Gasteiger partial charge < -0.3 is 9.13 Å². The Bertz CT molecular complexity index is 3140. The number of hydrogen-bond donors (Lipinski definition) is 0. The molecule has 8 aromatic carbocycles. The zero-order chi connectivity index (χ0) is 33.5. The summed E-state index contributed by atoms with van der Waals surface area (Å²) in [5, 5.41) is 7.70. The average Bonchev–Trinajstić information content (AvgIpc) is 3.84. The van der Waals surface area contributed by atoms with E-state index in [1.165, 1.54) is 91.7 Å². The lowest BCUT2D eigenvalue weighted by molar-refractivity contribution is 1.17. The zero-order valence-corrected chi connectivity index (χ0v) is 28.4. The second kappa shape index (κ2) is 11.0. The largest absolute Gasteiger partial charge is 0.309 e. The number of aromatic nitrogens is 2. The molecule has 0 aliphatic carbocycles. The average molecular weight is 667 g/mol. The van der Waals surface area contributed by atoms with Gasteiger partial charge in [-0.05, 0) is 82.9 Å². The first-order valence-electron chi connectivity index (χ1n) is 17.4. The first kappa shape index (κ1) is 28.4. The van der Waals surface area contributed by atoms with E-state index in [4.69, 9.17) is 0 Å². The van der Waals surface area contributed by atoms with E-state index >= 15 is 0 Å². The molecule has 11 aromatic rings. The first-order chi connectivity index (χ1) is 25.3. The topological polar surface area (TPSA) is 9.86 Å². The molecule has 0 aliphatic rings. The molecular weight excluding hydrogens is 637 g/mol. The maximum absolute atomic E-state index is 2.46. The third-order valence-electron chi connectivity index (χ3n) is 10.5. The van der Waals surface area contributed by atoms with E-state index in [9.17, 15) is 0 Å². The van der Waals surface area contributed by atoms with Crippen molar-refractivity contribution in [1.82, 2.24) is 9.13 Å². The van der Waals surface area contributed by atoms with Crippen molar-refractivity contribution in [2.24, 2.45) is 0 Å². The van der Waals surface area contributed by atoms with E-state index in [0.29, 0.717) is 0 Å². The van der Waals surface area contributed by atoms with Gasteiger partial charge >= 0.3 is 0 Å². The second-order valence-electron chi connectivity index (χ2n) is 13.4. The van der Waals surface area contributed by atoms with Crippen LogP contribution in [-0.4, -0.2) is 9.13 Å². The molecule has 0 aliphatic heterocycles. The molecule has 11 rings (SSSR count). The number of fused-ring (bicyclic) bond motifs is 9. The lowest BCUT2D eigenvalue weighted by Gasteiger charge is -2.12. The maximum Gasteiger partial charge on any atom is 0.0562 e. The lowest BCUT2D eigenvalue weighted by atomic mass is 9.99. The Morgan fingerprint density at radius 2 is 0.804 bits per heavy atom. The summed E-state index contributed by atoms with van der Waals surface area (Å²) in [4.78, 5) is 0. The summed E-state index contributed by atoms with van der Waals surface area (Å²) in [7, 11) is 0. The number of nitrogens with zero attached hydrogens (tertiary/aromatic N) is 2. The molecule has 0 fully saturated rings. The van der Waals surface area contributed by atoms with Gasteiger partial charge in [0.2, 0.25) is 0 Å². The van der Waals surface area contributed by atoms with Crippen molar-refractivity contribution < 1.29 is 0 Å². The van der Waals surface area contributed by atoms with Crippen molar-refractivity contribution in [3.05, 3.63) is 182 Å². The Morgan fingerprint density at radius 1 is 0.275 bits per heavy atom. The molecule has 0 atom stereocenters.